The molecule has 0 aromatic heterocycles. The third-order valence-electron chi connectivity index (χ3n) is 8.68. The summed E-state index contributed by atoms with van der Waals surface area (Å²) in [6.07, 6.45) is 5.81. The van der Waals surface area contributed by atoms with E-state index in [1.54, 1.807) is 0 Å². The minimum Gasteiger partial charge on any atom is -0.548 e. The summed E-state index contributed by atoms with van der Waals surface area (Å²) in [5, 5.41) is 46.7. The van der Waals surface area contributed by atoms with E-state index in [-0.39, 0.29) is 84.4 Å². The average molecular weight is 823 g/mol. The van der Waals surface area contributed by atoms with Gasteiger partial charge in [0.1, 0.15) is 5.25 Å². The van der Waals surface area contributed by atoms with Gasteiger partial charge < -0.3 is 41.6 Å². The van der Waals surface area contributed by atoms with E-state index in [0.29, 0.717) is 27.4 Å². The number of hydrogen-bond donors (Lipinski definition) is 7. The van der Waals surface area contributed by atoms with Crippen LogP contribution >= 0.6 is 57.2 Å². The van der Waals surface area contributed by atoms with Crippen LogP contribution in [-0.4, -0.2) is 133 Å². The number of nitrogens with one attached hydrogen (secondary N) is 5. The second-order valence-corrected chi connectivity index (χ2v) is 18.2. The van der Waals surface area contributed by atoms with Gasteiger partial charge >= 0.3 is 47.6 Å². The molecule has 5 fully saturated rings. The summed E-state index contributed by atoms with van der Waals surface area (Å²) in [5.41, 5.74) is 0. The zero-order valence-electron chi connectivity index (χ0n) is 28.1. The van der Waals surface area contributed by atoms with E-state index in [9.17, 15) is 33.9 Å². The van der Waals surface area contributed by atoms with Crippen molar-refractivity contribution in [1.29, 1.82) is 0 Å². The first-order chi connectivity index (χ1) is 24.1. The van der Waals surface area contributed by atoms with Crippen molar-refractivity contribution in [3.63, 3.8) is 0 Å². The van der Waals surface area contributed by atoms with Crippen LogP contribution in [0.1, 0.15) is 51.4 Å². The van der Waals surface area contributed by atoms with Gasteiger partial charge in [0.2, 0.25) is 11.8 Å². The second-order valence-electron chi connectivity index (χ2n) is 12.1. The zero-order valence-corrected chi connectivity index (χ0v) is 34.2. The first kappa shape index (κ1) is 44.6. The van der Waals surface area contributed by atoms with Crippen molar-refractivity contribution in [3.05, 3.63) is 0 Å². The van der Waals surface area contributed by atoms with Gasteiger partial charge in [-0.15, -0.1) is 4.33 Å². The minimum absolute atomic E-state index is 0. The van der Waals surface area contributed by atoms with E-state index in [1.807, 2.05) is 23.5 Å². The topological polar surface area (TPSA) is 248 Å². The Morgan fingerprint density at radius 3 is 2.10 bits per heavy atom. The van der Waals surface area contributed by atoms with Crippen LogP contribution in [0.15, 0.2) is 0 Å². The van der Waals surface area contributed by atoms with Crippen molar-refractivity contribution < 1.29 is 83.2 Å². The molecule has 0 aromatic carbocycles. The van der Waals surface area contributed by atoms with Crippen molar-refractivity contribution in [2.75, 3.05) is 36.1 Å². The molecule has 7 N–H and O–H groups in total. The minimum atomic E-state index is -1.50. The molecule has 3 unspecified atom stereocenters. The van der Waals surface area contributed by atoms with Crippen LogP contribution in [0, 0.1) is 0 Å². The summed E-state index contributed by atoms with van der Waals surface area (Å²) in [6.45, 7) is 1.62. The zero-order chi connectivity index (χ0) is 36.0. The van der Waals surface area contributed by atoms with Gasteiger partial charge in [-0.1, -0.05) is 39.5 Å². The predicted molar refractivity (Wildman–Crippen MR) is 190 cm³/mol. The van der Waals surface area contributed by atoms with E-state index in [2.05, 4.69) is 36.0 Å². The van der Waals surface area contributed by atoms with Gasteiger partial charge in [0.05, 0.1) is 42.6 Å². The maximum absolute atomic E-state index is 12.3. The Kier molecular flexibility index (Phi) is 20.3. The smallest absolute Gasteiger partial charge is 0.548 e. The molecule has 6 amide bonds. The molecule has 17 nitrogen and oxygen atoms in total. The first-order valence-corrected chi connectivity index (χ1v) is 21.7. The Hall–Kier alpha value is -0.790. The standard InChI is InChI=1S/C18H28N4O8S4.C10H16N2O3S.Na/c23-14-7-13(34-30-29-28)16(24)22(14)11(17(25)26)9-33-32-6-5-19-4-2-1-3-12-15-10(8-31-12)20-18(27)21-15;13-8(14)4-2-1-3-7-9-6(5-16-7)11-10(15)12-9;/h10-13,15,19,28H,1-9H2,(H,25,26)(H2,20,21,27);6-7,9H,1-5H2,(H,13,14)(H2,11,12,15);/q;;+1/p-1/t10-,11?,12?,13?,15-;6-,7-,9-;/m00./s1. The van der Waals surface area contributed by atoms with Crippen LogP contribution in [0.25, 0.3) is 0 Å². The van der Waals surface area contributed by atoms with Crippen molar-refractivity contribution in [1.82, 2.24) is 31.5 Å². The molecular weight excluding hydrogens is 780 g/mol. The van der Waals surface area contributed by atoms with E-state index in [0.717, 1.165) is 68.9 Å². The maximum Gasteiger partial charge on any atom is 1.00 e. The maximum atomic E-state index is 12.3. The Labute approximate surface area is 338 Å². The van der Waals surface area contributed by atoms with Gasteiger partial charge in [-0.2, -0.15) is 23.5 Å². The van der Waals surface area contributed by atoms with Crippen LogP contribution in [0.2, 0.25) is 0 Å². The fourth-order valence-corrected chi connectivity index (χ4v) is 12.0. The molecule has 5 heterocycles. The van der Waals surface area contributed by atoms with Crippen LogP contribution in [0.4, 0.5) is 9.59 Å². The van der Waals surface area contributed by atoms with Gasteiger partial charge in [0, 0.05) is 58.5 Å². The molecule has 0 spiro atoms. The van der Waals surface area contributed by atoms with Gasteiger partial charge in [0.15, 0.2) is 0 Å². The van der Waals surface area contributed by atoms with Gasteiger partial charge in [0.25, 0.3) is 0 Å². The van der Waals surface area contributed by atoms with Crippen LogP contribution < -0.4 is 61.2 Å². The third kappa shape index (κ3) is 13.8. The number of amides is 6. The number of aliphatic carboxylic acids is 2. The number of carboxylic acid groups (broad SMARTS) is 2. The van der Waals surface area contributed by atoms with Crippen LogP contribution in [0.5, 0.6) is 0 Å². The first-order valence-electron chi connectivity index (χ1n) is 16.3. The number of likely N-dealkylation sites (tertiary alicyclic amines) is 1. The summed E-state index contributed by atoms with van der Waals surface area (Å²) in [6, 6.07) is -0.507. The van der Waals surface area contributed by atoms with Crippen LogP contribution in [-0.2, 0) is 28.6 Å². The number of rotatable bonds is 21. The molecule has 0 aliphatic carbocycles. The molecule has 51 heavy (non-hydrogen) atoms. The summed E-state index contributed by atoms with van der Waals surface area (Å²) >= 11 is 4.23. The number of nitrogens with zero attached hydrogens (tertiary/aromatic N) is 1. The Morgan fingerprint density at radius 2 is 1.53 bits per heavy atom. The second kappa shape index (κ2) is 23.2. The number of imide groups is 1. The van der Waals surface area contributed by atoms with Gasteiger partial charge in [-0.05, 0) is 32.2 Å². The quantitative estimate of drug-likeness (QED) is 0.00918. The Morgan fingerprint density at radius 1 is 0.922 bits per heavy atom. The summed E-state index contributed by atoms with van der Waals surface area (Å²) in [4.78, 5) is 69.5. The third-order valence-corrected chi connectivity index (χ3v) is 14.8. The fraction of sp³-hybridized carbons (Fsp3) is 0.786. The molecule has 5 rings (SSSR count). The molecule has 0 radical (unpaired) electrons. The summed E-state index contributed by atoms with van der Waals surface area (Å²) < 4.78 is 4.21. The molecule has 5 aliphatic rings. The van der Waals surface area contributed by atoms with E-state index >= 15 is 0 Å². The SMILES string of the molecule is O=C(O)CCCC[C@@H]1SC[C@@H]2NC(=O)N[C@@H]21.O=C1N[C@H]2CSC(CCCCNCCSSCC(C(=O)[O-])N3C(=O)CC(SOOO)C3=O)[C@H]2N1.[Na+]. The molecule has 8 atom stereocenters. The number of carboxylic acids is 2. The summed E-state index contributed by atoms with van der Waals surface area (Å²) in [5.74, 6) is -0.918. The largest absolute Gasteiger partial charge is 1.00 e. The number of urea groups is 2. The molecular formula is C28H43N6NaO11S5. The van der Waals surface area contributed by atoms with Crippen molar-refractivity contribution in [2.45, 2.75) is 97.3 Å². The monoisotopic (exact) mass is 822 g/mol. The number of unbranched alkanes of at least 4 members (excludes halogenated alkanes) is 2. The van der Waals surface area contributed by atoms with E-state index in [4.69, 9.17) is 10.4 Å². The van der Waals surface area contributed by atoms with Crippen LogP contribution in [0.3, 0.4) is 0 Å². The number of carbonyl (C=O) groups is 6. The molecule has 23 heteroatoms. The molecule has 5 aliphatic heterocycles. The molecule has 5 saturated heterocycles. The van der Waals surface area contributed by atoms with Crippen molar-refractivity contribution >= 4 is 93.0 Å². The normalized spacial score (nSPS) is 28.1. The molecule has 282 valence electrons. The number of fused-ring (bicyclic) bond motifs is 2. The van der Waals surface area contributed by atoms with E-state index < -0.39 is 35.0 Å². The van der Waals surface area contributed by atoms with Crippen molar-refractivity contribution in [3.8, 4) is 0 Å². The fourth-order valence-electron chi connectivity index (χ4n) is 6.25. The average Bonchev–Trinajstić information content (AvgIpc) is 3.87. The van der Waals surface area contributed by atoms with E-state index in [1.165, 1.54) is 21.6 Å². The predicted octanol–water partition coefficient (Wildman–Crippen LogP) is -2.59. The number of carbonyl (C=O) groups excluding carboxylic acids is 5. The molecule has 0 aromatic rings. The van der Waals surface area contributed by atoms with Gasteiger partial charge in [-0.3, -0.25) is 19.3 Å². The van der Waals surface area contributed by atoms with Crippen molar-refractivity contribution in [2.24, 2.45) is 0 Å². The number of thioether (sulfide) groups is 2. The Bertz CT molecular complexity index is 1220. The molecule has 0 bridgehead atoms. The molecule has 0 saturated carbocycles. The number of hydrogen-bond acceptors (Lipinski definition) is 16. The Balaban J connectivity index is 0.000000345. The van der Waals surface area contributed by atoms with Gasteiger partial charge in [-0.25, -0.2) is 14.8 Å². The summed E-state index contributed by atoms with van der Waals surface area (Å²) in [7, 11) is 2.71.